The maximum absolute atomic E-state index is 10.9. The van der Waals surface area contributed by atoms with Crippen LogP contribution >= 0.6 is 105 Å². The summed E-state index contributed by atoms with van der Waals surface area (Å²) in [5, 5.41) is 35.6. The number of nitrogens with zero attached hydrogens (tertiary/aromatic N) is 8. The molecule has 15 rings (SSSR count). The lowest BCUT2D eigenvalue weighted by atomic mass is 9.98. The average Bonchev–Trinajstić information content (AvgIpc) is 1.62. The first-order valence-corrected chi connectivity index (χ1v) is 55.3. The molecular weight excluding hydrogens is 2030 g/mol. The van der Waals surface area contributed by atoms with Crippen molar-refractivity contribution in [1.29, 1.82) is 0 Å². The van der Waals surface area contributed by atoms with Crippen LogP contribution in [0.3, 0.4) is 0 Å². The van der Waals surface area contributed by atoms with E-state index in [0.717, 1.165) is 97.2 Å². The second-order valence-electron chi connectivity index (χ2n) is 31.5. The first kappa shape index (κ1) is 108. The molecule has 0 radical (unpaired) electrons. The Balaban J connectivity index is 0.775. The predicted molar refractivity (Wildman–Crippen MR) is 574 cm³/mol. The number of thioether (sulfide) groups is 4. The molecule has 4 N–H and O–H groups in total. The minimum Gasteiger partial charge on any atom is -0.491 e. The van der Waals surface area contributed by atoms with Gasteiger partial charge in [-0.1, -0.05) is 60.7 Å². The fourth-order valence-electron chi connectivity index (χ4n) is 14.8. The van der Waals surface area contributed by atoms with Crippen LogP contribution in [-0.4, -0.2) is 313 Å². The number of hydrogen-bond donors (Lipinski definition) is 4. The average molecular weight is 2140 g/mol. The molecule has 32 nitrogen and oxygen atoms in total. The van der Waals surface area contributed by atoms with Gasteiger partial charge in [0.2, 0.25) is 0 Å². The van der Waals surface area contributed by atoms with Crippen LogP contribution in [0.1, 0.15) is 0 Å². The highest BCUT2D eigenvalue weighted by Crippen LogP contribution is 2.53. The number of carboxylic acid groups (broad SMARTS) is 4. The molecule has 8 aromatic carbocycles. The number of aliphatic carboxylic acids is 4. The molecule has 0 aliphatic heterocycles. The van der Waals surface area contributed by atoms with Gasteiger partial charge in [0.05, 0.1) is 228 Å². The van der Waals surface area contributed by atoms with Crippen molar-refractivity contribution in [2.24, 2.45) is 0 Å². The van der Waals surface area contributed by atoms with Gasteiger partial charge in [-0.2, -0.15) is 17.5 Å². The zero-order valence-electron chi connectivity index (χ0n) is 79.1. The number of benzene rings is 8. The summed E-state index contributed by atoms with van der Waals surface area (Å²) < 4.78 is 115. The Morgan fingerprint density at radius 1 is 0.214 bits per heavy atom. The van der Waals surface area contributed by atoms with Crippen molar-refractivity contribution < 1.29 is 115 Å². The first-order valence-electron chi connectivity index (χ1n) is 46.8. The molecule has 0 aliphatic rings. The highest BCUT2D eigenvalue weighted by atomic mass is 32.2. The van der Waals surface area contributed by atoms with Crippen LogP contribution in [0.25, 0.3) is 152 Å². The second kappa shape index (κ2) is 59.2. The van der Waals surface area contributed by atoms with Gasteiger partial charge in [0.15, 0.2) is 0 Å². The molecule has 0 atom stereocenters. The van der Waals surface area contributed by atoms with Crippen LogP contribution in [0.15, 0.2) is 194 Å². The maximum atomic E-state index is 10.9. The Morgan fingerprint density at radius 3 is 0.621 bits per heavy atom. The molecule has 7 aromatic heterocycles. The highest BCUT2D eigenvalue weighted by molar-refractivity contribution is 8.00. The van der Waals surface area contributed by atoms with E-state index in [9.17, 15) is 19.2 Å². The Morgan fingerprint density at radius 2 is 0.407 bits per heavy atom. The molecule has 0 amide bonds. The predicted octanol–water partition coefficient (Wildman–Crippen LogP) is 19.4. The minimum atomic E-state index is -0.853. The summed E-state index contributed by atoms with van der Waals surface area (Å²) in [4.78, 5) is 72.6. The summed E-state index contributed by atoms with van der Waals surface area (Å²) in [5.41, 5.74) is 15.2. The van der Waals surface area contributed by atoms with E-state index in [1.807, 2.05) is 133 Å². The van der Waals surface area contributed by atoms with E-state index < -0.39 is 23.9 Å². The molecule has 0 aliphatic carbocycles. The fourth-order valence-corrected chi connectivity index (χ4v) is 21.4. The molecule has 145 heavy (non-hydrogen) atoms. The van der Waals surface area contributed by atoms with Gasteiger partial charge in [-0.15, -0.1) is 81.1 Å². The van der Waals surface area contributed by atoms with E-state index in [0.29, 0.717) is 283 Å². The summed E-state index contributed by atoms with van der Waals surface area (Å²) in [6.07, 6.45) is 0. The number of fused-ring (bicyclic) bond motifs is 4. The Kier molecular flexibility index (Phi) is 44.3. The first-order chi connectivity index (χ1) is 71.3. The third-order valence-corrected chi connectivity index (χ3v) is 29.6. The largest absolute Gasteiger partial charge is 0.491 e. The quantitative estimate of drug-likeness (QED) is 0.0257. The van der Waals surface area contributed by atoms with Crippen LogP contribution in [0.2, 0.25) is 0 Å². The van der Waals surface area contributed by atoms with Crippen molar-refractivity contribution in [2.45, 2.75) is 0 Å². The molecular formula is C104H108N8O24S9. The second-order valence-corrected chi connectivity index (χ2v) is 40.2. The topological polar surface area (TPSA) is 400 Å². The van der Waals surface area contributed by atoms with Gasteiger partial charge < -0.3 is 96.2 Å². The lowest BCUT2D eigenvalue weighted by Crippen LogP contribution is -2.13. The molecule has 0 saturated carbocycles. The fraction of sp³-hybridized carbons (Fsp3) is 0.346. The number of rotatable bonds is 70. The summed E-state index contributed by atoms with van der Waals surface area (Å²) in [6.45, 7) is 9.94. The van der Waals surface area contributed by atoms with Crippen molar-refractivity contribution in [3.8, 4) is 131 Å². The SMILES string of the molecule is O=C(O)CSCCOCCOCCOCCOc1ccc(-c2nc3c(-c4ccc(-c5ccccc5)s4)c4nsnc4c(-c4ccc(-c5c6nsnc6c(-c6ccc(-c7ccccc7)s6)c6nc(-c7ccc(OCCOCCOCCOCCSCC(=O)O)cc7)c(-c7ccc(OCCOCCOCCOCCSCC(=O)O)cc7)nc56)s4)c3nc2-c2ccc(OCCOCCOCCOCCSCC(=O)O)cc2)cc1. The number of carbonyl (C=O) groups is 4. The Labute approximate surface area is 874 Å². The van der Waals surface area contributed by atoms with E-state index in [-0.39, 0.29) is 49.4 Å². The van der Waals surface area contributed by atoms with Crippen LogP contribution in [0.4, 0.5) is 0 Å². The maximum Gasteiger partial charge on any atom is 0.313 e. The van der Waals surface area contributed by atoms with E-state index in [2.05, 4.69) is 60.7 Å². The monoisotopic (exact) mass is 2140 g/mol. The molecule has 0 spiro atoms. The number of hydrogen-bond acceptors (Lipinski definition) is 37. The highest BCUT2D eigenvalue weighted by Gasteiger charge is 2.31. The normalized spacial score (nSPS) is 11.6. The van der Waals surface area contributed by atoms with Crippen molar-refractivity contribution in [2.75, 3.05) is 231 Å². The van der Waals surface area contributed by atoms with Crippen LogP contribution in [-0.2, 0) is 76.0 Å². The number of aromatic nitrogens is 8. The molecule has 0 saturated heterocycles. The summed E-state index contributed by atoms with van der Waals surface area (Å²) in [5.74, 6) is 1.51. The van der Waals surface area contributed by atoms with Gasteiger partial charge in [0.1, 0.15) is 93.6 Å². The lowest BCUT2D eigenvalue weighted by molar-refractivity contribution is -0.134. The smallest absolute Gasteiger partial charge is 0.313 e. The minimum absolute atomic E-state index is 0.0349. The summed E-state index contributed by atoms with van der Waals surface area (Å²) in [7, 11) is 0. The lowest BCUT2D eigenvalue weighted by Gasteiger charge is -2.16. The number of carboxylic acids is 4. The van der Waals surface area contributed by atoms with E-state index in [4.69, 9.17) is 134 Å². The summed E-state index contributed by atoms with van der Waals surface area (Å²) in [6, 6.07) is 64.5. The van der Waals surface area contributed by atoms with Gasteiger partial charge in [0, 0.05) is 96.8 Å². The van der Waals surface area contributed by atoms with Gasteiger partial charge in [0.25, 0.3) is 0 Å². The molecule has 0 fully saturated rings. The molecule has 41 heteroatoms. The van der Waals surface area contributed by atoms with Gasteiger partial charge >= 0.3 is 23.9 Å². The summed E-state index contributed by atoms with van der Waals surface area (Å²) >= 11 is 12.3. The number of thiophene rings is 3. The van der Waals surface area contributed by atoms with E-state index in [1.165, 1.54) is 47.0 Å². The molecule has 762 valence electrons. The van der Waals surface area contributed by atoms with E-state index in [1.54, 1.807) is 34.0 Å². The standard InChI is InChI=1S/C104H108N8O24S9/c113-85(114)65-137-61-57-129-45-41-121-33-37-125-49-53-133-75-19-11-71(12-20-75)93-95(73-15-23-77(24-16-73)135-55-51-127-39-35-123-43-47-131-59-63-139-67-87(117)118)107-99-91(103-101(109-144-111-103)89(97(99)105-93)81-29-27-79(141-81)69-7-3-1-4-8-69)83-31-32-84(143-83)92-100-98(90(102-104(92)112-145-110-102)82-30-28-80(142-82)70-9-5-2-6-10-70)106-94(72-13-21-76(22-14-72)134-54-50-126-38-34-122-42-46-130-58-62-138-66-86(115)116)96(108-100)74-17-25-78(26-18-74)136-56-52-128-40-36-124-44-48-132-60-64-140-68-88(119)120/h1-32H,33-68H2,(H,113,114)(H,115,116)(H,117,118)(H,119,120). The molecule has 0 unspecified atom stereocenters. The number of ether oxygens (including phenoxy) is 16. The van der Waals surface area contributed by atoms with Gasteiger partial charge in [-0.25, -0.2) is 19.9 Å². The van der Waals surface area contributed by atoms with Crippen molar-refractivity contribution in [3.63, 3.8) is 0 Å². The third-order valence-electron chi connectivity index (χ3n) is 21.4. The van der Waals surface area contributed by atoms with Crippen LogP contribution in [0, 0.1) is 0 Å². The van der Waals surface area contributed by atoms with Gasteiger partial charge in [-0.3, -0.25) is 19.2 Å². The molecule has 15 aromatic rings. The van der Waals surface area contributed by atoms with E-state index >= 15 is 0 Å². The van der Waals surface area contributed by atoms with Crippen molar-refractivity contribution in [3.05, 3.63) is 194 Å². The van der Waals surface area contributed by atoms with Crippen LogP contribution in [0.5, 0.6) is 23.0 Å². The van der Waals surface area contributed by atoms with Crippen molar-refractivity contribution in [1.82, 2.24) is 37.4 Å². The third kappa shape index (κ3) is 32.8. The zero-order valence-corrected chi connectivity index (χ0v) is 86.5. The van der Waals surface area contributed by atoms with Crippen LogP contribution < -0.4 is 18.9 Å². The molecule has 7 heterocycles. The van der Waals surface area contributed by atoms with Crippen molar-refractivity contribution >= 4 is 173 Å². The molecule has 0 bridgehead atoms. The Bertz CT molecular complexity index is 6180. The zero-order chi connectivity index (χ0) is 100. The van der Waals surface area contributed by atoms with Gasteiger partial charge in [-0.05, 0) is 145 Å². The Hall–Kier alpha value is -10.8.